The highest BCUT2D eigenvalue weighted by Gasteiger charge is 2.07. The second kappa shape index (κ2) is 3.90. The van der Waals surface area contributed by atoms with Crippen LogP contribution in [0.25, 0.3) is 0 Å². The molecular weight excluding hydrogens is 152 g/mol. The van der Waals surface area contributed by atoms with Gasteiger partial charge in [-0.2, -0.15) is 0 Å². The topological polar surface area (TPSA) is 26.3 Å². The van der Waals surface area contributed by atoms with Crippen molar-refractivity contribution in [3.63, 3.8) is 0 Å². The Hall–Kier alpha value is -1.31. The Kier molecular flexibility index (Phi) is 2.86. The van der Waals surface area contributed by atoms with Crippen molar-refractivity contribution in [2.24, 2.45) is 0 Å². The fraction of sp³-hybridized carbons (Fsp3) is 0.200. The lowest BCUT2D eigenvalue weighted by atomic mass is 10.1. The summed E-state index contributed by atoms with van der Waals surface area (Å²) in [6.07, 6.45) is 0. The molecule has 2 nitrogen and oxygen atoms in total. The van der Waals surface area contributed by atoms with Gasteiger partial charge in [0.25, 0.3) is 0 Å². The predicted octanol–water partition coefficient (Wildman–Crippen LogP) is 1.99. The maximum Gasteiger partial charge on any atom is 0.338 e. The van der Waals surface area contributed by atoms with Crippen LogP contribution in [0.5, 0.6) is 0 Å². The molecule has 0 saturated heterocycles. The molecule has 0 unspecified atom stereocenters. The summed E-state index contributed by atoms with van der Waals surface area (Å²) < 4.78 is 4.76. The van der Waals surface area contributed by atoms with E-state index in [1.54, 1.807) is 6.07 Å². The van der Waals surface area contributed by atoms with E-state index in [4.69, 9.17) is 4.74 Å². The fourth-order valence-corrected chi connectivity index (χ4v) is 0.972. The normalized spacial score (nSPS) is 9.50. The quantitative estimate of drug-likeness (QED) is 0.623. The van der Waals surface area contributed by atoms with E-state index in [-0.39, 0.29) is 12.6 Å². The molecule has 0 heterocycles. The van der Waals surface area contributed by atoms with E-state index in [9.17, 15) is 4.79 Å². The zero-order chi connectivity index (χ0) is 8.97. The van der Waals surface area contributed by atoms with Gasteiger partial charge in [0.05, 0.1) is 12.2 Å². The Bertz CT molecular complexity index is 279. The maximum atomic E-state index is 11.2. The Morgan fingerprint density at radius 1 is 1.50 bits per heavy atom. The van der Waals surface area contributed by atoms with Crippen LogP contribution >= 0.6 is 0 Å². The standard InChI is InChI=1S/C10H11O2/c1-3-12-10(11)9-7-5-4-6-8(9)2/h4-7H,1,3H2,2H3. The number of rotatable bonds is 2. The van der Waals surface area contributed by atoms with Gasteiger partial charge in [-0.3, -0.25) is 0 Å². The third-order valence-electron chi connectivity index (χ3n) is 1.60. The van der Waals surface area contributed by atoms with E-state index in [1.165, 1.54) is 0 Å². The van der Waals surface area contributed by atoms with E-state index < -0.39 is 0 Å². The molecule has 1 aromatic rings. The van der Waals surface area contributed by atoms with Gasteiger partial charge in [-0.15, -0.1) is 0 Å². The van der Waals surface area contributed by atoms with Crippen LogP contribution in [0.2, 0.25) is 0 Å². The Balaban J connectivity index is 2.87. The molecule has 63 valence electrons. The van der Waals surface area contributed by atoms with Gasteiger partial charge >= 0.3 is 5.97 Å². The fourth-order valence-electron chi connectivity index (χ4n) is 0.972. The van der Waals surface area contributed by atoms with Gasteiger partial charge in [0.15, 0.2) is 0 Å². The van der Waals surface area contributed by atoms with Crippen molar-refractivity contribution in [1.29, 1.82) is 0 Å². The van der Waals surface area contributed by atoms with E-state index in [0.29, 0.717) is 5.56 Å². The van der Waals surface area contributed by atoms with Gasteiger partial charge in [0.1, 0.15) is 0 Å². The van der Waals surface area contributed by atoms with Crippen LogP contribution in [-0.4, -0.2) is 12.6 Å². The summed E-state index contributed by atoms with van der Waals surface area (Å²) in [5.74, 6) is -0.303. The largest absolute Gasteiger partial charge is 0.462 e. The molecule has 0 fully saturated rings. The van der Waals surface area contributed by atoms with Crippen LogP contribution < -0.4 is 0 Å². The summed E-state index contributed by atoms with van der Waals surface area (Å²) in [4.78, 5) is 11.2. The number of ether oxygens (including phenoxy) is 1. The van der Waals surface area contributed by atoms with Crippen molar-refractivity contribution in [2.45, 2.75) is 6.92 Å². The van der Waals surface area contributed by atoms with Crippen molar-refractivity contribution in [2.75, 3.05) is 6.61 Å². The van der Waals surface area contributed by atoms with E-state index in [1.807, 2.05) is 25.1 Å². The van der Waals surface area contributed by atoms with Gasteiger partial charge in [-0.05, 0) is 25.5 Å². The number of hydrogen-bond donors (Lipinski definition) is 0. The molecule has 0 bridgehead atoms. The van der Waals surface area contributed by atoms with Crippen molar-refractivity contribution in [1.82, 2.24) is 0 Å². The lowest BCUT2D eigenvalue weighted by Gasteiger charge is -2.03. The van der Waals surface area contributed by atoms with Gasteiger partial charge in [0, 0.05) is 0 Å². The third-order valence-corrected chi connectivity index (χ3v) is 1.60. The summed E-state index contributed by atoms with van der Waals surface area (Å²) in [5, 5.41) is 0. The number of benzene rings is 1. The first-order valence-corrected chi connectivity index (χ1v) is 3.77. The molecular formula is C10H11O2. The Morgan fingerprint density at radius 3 is 2.75 bits per heavy atom. The highest BCUT2D eigenvalue weighted by molar-refractivity contribution is 5.90. The van der Waals surface area contributed by atoms with Crippen LogP contribution in [-0.2, 0) is 4.74 Å². The van der Waals surface area contributed by atoms with E-state index in [0.717, 1.165) is 5.56 Å². The van der Waals surface area contributed by atoms with E-state index >= 15 is 0 Å². The van der Waals surface area contributed by atoms with Crippen molar-refractivity contribution in [3.8, 4) is 0 Å². The smallest absolute Gasteiger partial charge is 0.338 e. The van der Waals surface area contributed by atoms with Crippen LogP contribution in [0.4, 0.5) is 0 Å². The second-order valence-electron chi connectivity index (χ2n) is 2.45. The molecule has 0 N–H and O–H groups in total. The van der Waals surface area contributed by atoms with E-state index in [2.05, 4.69) is 6.92 Å². The first-order chi connectivity index (χ1) is 5.75. The molecule has 0 aromatic heterocycles. The molecule has 0 atom stereocenters. The van der Waals surface area contributed by atoms with Gasteiger partial charge in [0.2, 0.25) is 0 Å². The Morgan fingerprint density at radius 2 is 2.17 bits per heavy atom. The SMILES string of the molecule is [CH2]COC(=O)c1ccccc1C. The molecule has 0 aliphatic heterocycles. The number of carbonyl (C=O) groups is 1. The molecule has 0 saturated carbocycles. The average molecular weight is 163 g/mol. The first-order valence-electron chi connectivity index (χ1n) is 3.77. The monoisotopic (exact) mass is 163 g/mol. The summed E-state index contributed by atoms with van der Waals surface area (Å²) >= 11 is 0. The van der Waals surface area contributed by atoms with Gasteiger partial charge < -0.3 is 4.74 Å². The van der Waals surface area contributed by atoms with Crippen molar-refractivity contribution in [3.05, 3.63) is 42.3 Å². The second-order valence-corrected chi connectivity index (χ2v) is 2.45. The average Bonchev–Trinajstić information content (AvgIpc) is 2.05. The molecule has 0 amide bonds. The lowest BCUT2D eigenvalue weighted by molar-refractivity contribution is 0.0546. The lowest BCUT2D eigenvalue weighted by Crippen LogP contribution is -2.06. The van der Waals surface area contributed by atoms with Crippen LogP contribution in [0.1, 0.15) is 15.9 Å². The summed E-state index contributed by atoms with van der Waals surface area (Å²) in [5.41, 5.74) is 1.54. The minimum absolute atomic E-state index is 0.174. The summed E-state index contributed by atoms with van der Waals surface area (Å²) in [6, 6.07) is 7.32. The molecule has 2 heteroatoms. The predicted molar refractivity (Wildman–Crippen MR) is 46.8 cm³/mol. The highest BCUT2D eigenvalue weighted by Crippen LogP contribution is 2.07. The number of esters is 1. The van der Waals surface area contributed by atoms with Crippen LogP contribution in [0, 0.1) is 13.8 Å². The maximum absolute atomic E-state index is 11.2. The molecule has 12 heavy (non-hydrogen) atoms. The molecule has 0 aliphatic carbocycles. The van der Waals surface area contributed by atoms with Crippen molar-refractivity contribution >= 4 is 5.97 Å². The zero-order valence-corrected chi connectivity index (χ0v) is 7.04. The molecule has 1 aromatic carbocycles. The summed E-state index contributed by atoms with van der Waals surface area (Å²) in [7, 11) is 0. The van der Waals surface area contributed by atoms with Crippen molar-refractivity contribution < 1.29 is 9.53 Å². The molecule has 0 spiro atoms. The van der Waals surface area contributed by atoms with Crippen LogP contribution in [0.3, 0.4) is 0 Å². The number of aryl methyl sites for hydroxylation is 1. The zero-order valence-electron chi connectivity index (χ0n) is 7.04. The third kappa shape index (κ3) is 1.84. The molecule has 0 aliphatic rings. The number of hydrogen-bond acceptors (Lipinski definition) is 2. The molecule has 1 rings (SSSR count). The first kappa shape index (κ1) is 8.78. The van der Waals surface area contributed by atoms with Gasteiger partial charge in [-0.1, -0.05) is 18.2 Å². The molecule has 1 radical (unpaired) electrons. The minimum atomic E-state index is -0.303. The summed E-state index contributed by atoms with van der Waals surface area (Å²) in [6.45, 7) is 5.49. The number of carbonyl (C=O) groups excluding carboxylic acids is 1. The Labute approximate surface area is 72.2 Å². The van der Waals surface area contributed by atoms with Crippen LogP contribution in [0.15, 0.2) is 24.3 Å². The van der Waals surface area contributed by atoms with Gasteiger partial charge in [-0.25, -0.2) is 4.79 Å². The minimum Gasteiger partial charge on any atom is -0.462 e. The highest BCUT2D eigenvalue weighted by atomic mass is 16.5.